The highest BCUT2D eigenvalue weighted by atomic mass is 32.2. The normalized spacial score (nSPS) is 21.4. The van der Waals surface area contributed by atoms with Gasteiger partial charge in [-0.25, -0.2) is 9.59 Å². The second-order valence-corrected chi connectivity index (χ2v) is 9.74. The number of hydrogen-bond donors (Lipinski definition) is 2. The predicted octanol–water partition coefficient (Wildman–Crippen LogP) is 3.40. The first-order valence-electron chi connectivity index (χ1n) is 11.2. The van der Waals surface area contributed by atoms with Crippen LogP contribution in [0.5, 0.6) is 0 Å². The van der Waals surface area contributed by atoms with Crippen molar-refractivity contribution in [3.63, 3.8) is 0 Å². The third-order valence-corrected chi connectivity index (χ3v) is 7.35. The van der Waals surface area contributed by atoms with Crippen LogP contribution >= 0.6 is 11.8 Å². The van der Waals surface area contributed by atoms with E-state index in [1.54, 1.807) is 48.5 Å². The van der Waals surface area contributed by atoms with E-state index in [-0.39, 0.29) is 5.56 Å². The molecule has 35 heavy (non-hydrogen) atoms. The molecule has 0 unspecified atom stereocenters. The highest BCUT2D eigenvalue weighted by Crippen LogP contribution is 2.36. The van der Waals surface area contributed by atoms with Crippen LogP contribution in [0.2, 0.25) is 0 Å². The van der Waals surface area contributed by atoms with E-state index in [0.717, 1.165) is 12.8 Å². The smallest absolute Gasteiger partial charge is 0.344 e. The fraction of sp³-hybridized carbons (Fsp3) is 0.320. The van der Waals surface area contributed by atoms with Gasteiger partial charge in [0.15, 0.2) is 6.61 Å². The maximum atomic E-state index is 12.9. The molecule has 2 aromatic rings. The van der Waals surface area contributed by atoms with Crippen molar-refractivity contribution in [1.29, 1.82) is 5.26 Å². The SMILES string of the molecule is CC1CCC2(CC1)NC(=O)N(NC(=O)COC(=O)c1ccccc1Sc1ccccc1C#N)C2=O. The number of carbonyl (C=O) groups is 4. The summed E-state index contributed by atoms with van der Waals surface area (Å²) >= 11 is 1.24. The Morgan fingerprint density at radius 1 is 1.14 bits per heavy atom. The molecule has 1 aliphatic carbocycles. The van der Waals surface area contributed by atoms with E-state index in [1.807, 2.05) is 0 Å². The molecule has 2 N–H and O–H groups in total. The Morgan fingerprint density at radius 3 is 2.51 bits per heavy atom. The fourth-order valence-electron chi connectivity index (χ4n) is 4.17. The number of ether oxygens (including phenoxy) is 1. The molecule has 9 nitrogen and oxygen atoms in total. The molecular weight excluding hydrogens is 468 g/mol. The molecule has 4 amide bonds. The molecule has 4 rings (SSSR count). The van der Waals surface area contributed by atoms with Crippen LogP contribution < -0.4 is 10.7 Å². The van der Waals surface area contributed by atoms with Gasteiger partial charge in [0.25, 0.3) is 11.8 Å². The molecule has 2 aromatic carbocycles. The molecule has 180 valence electrons. The number of benzene rings is 2. The van der Waals surface area contributed by atoms with Gasteiger partial charge in [0, 0.05) is 9.79 Å². The van der Waals surface area contributed by atoms with Gasteiger partial charge in [0.1, 0.15) is 11.6 Å². The average molecular weight is 493 g/mol. The highest BCUT2D eigenvalue weighted by Gasteiger charge is 2.52. The monoisotopic (exact) mass is 492 g/mol. The summed E-state index contributed by atoms with van der Waals surface area (Å²) in [5.74, 6) is -1.56. The standard InChI is InChI=1S/C25H24N4O5S/c1-16-10-12-25(13-11-16)23(32)29(24(33)27-25)28-21(30)15-34-22(31)18-7-3-5-9-20(18)35-19-8-4-2-6-17(19)14-26/h2-9,16H,10-13,15H2,1H3,(H,27,33)(H,28,30). The molecular formula is C25H24N4O5S. The van der Waals surface area contributed by atoms with E-state index in [2.05, 4.69) is 23.7 Å². The van der Waals surface area contributed by atoms with Crippen LogP contribution in [0.1, 0.15) is 48.5 Å². The van der Waals surface area contributed by atoms with Crippen LogP contribution in [-0.2, 0) is 14.3 Å². The molecule has 1 saturated heterocycles. The molecule has 1 saturated carbocycles. The summed E-state index contributed by atoms with van der Waals surface area (Å²) in [6, 6.07) is 15.1. The van der Waals surface area contributed by atoms with Gasteiger partial charge in [-0.2, -0.15) is 10.3 Å². The van der Waals surface area contributed by atoms with Gasteiger partial charge in [-0.15, -0.1) is 0 Å². The lowest BCUT2D eigenvalue weighted by molar-refractivity contribution is -0.141. The zero-order valence-corrected chi connectivity index (χ0v) is 19.9. The molecule has 0 atom stereocenters. The molecule has 2 fully saturated rings. The minimum atomic E-state index is -0.983. The van der Waals surface area contributed by atoms with Crippen LogP contribution in [0, 0.1) is 17.2 Å². The first-order valence-corrected chi connectivity index (χ1v) is 12.0. The lowest BCUT2D eigenvalue weighted by Crippen LogP contribution is -2.52. The van der Waals surface area contributed by atoms with E-state index in [4.69, 9.17) is 4.74 Å². The number of esters is 1. The third kappa shape index (κ3) is 5.15. The molecule has 1 spiro atoms. The average Bonchev–Trinajstić information content (AvgIpc) is 3.09. The van der Waals surface area contributed by atoms with Crippen LogP contribution in [0.3, 0.4) is 0 Å². The number of amides is 4. The van der Waals surface area contributed by atoms with Crippen molar-refractivity contribution in [1.82, 2.24) is 15.8 Å². The Hall–Kier alpha value is -3.84. The van der Waals surface area contributed by atoms with Crippen LogP contribution in [0.15, 0.2) is 58.3 Å². The molecule has 1 heterocycles. The lowest BCUT2D eigenvalue weighted by atomic mass is 9.77. The van der Waals surface area contributed by atoms with Crippen LogP contribution in [0.4, 0.5) is 4.79 Å². The second-order valence-electron chi connectivity index (χ2n) is 8.65. The number of rotatable bonds is 6. The number of urea groups is 1. The van der Waals surface area contributed by atoms with Crippen molar-refractivity contribution in [3.8, 4) is 6.07 Å². The Balaban J connectivity index is 1.37. The molecule has 10 heteroatoms. The van der Waals surface area contributed by atoms with Crippen molar-refractivity contribution in [2.45, 2.75) is 47.9 Å². The Morgan fingerprint density at radius 2 is 1.80 bits per heavy atom. The third-order valence-electron chi connectivity index (χ3n) is 6.19. The molecule has 0 bridgehead atoms. The van der Waals surface area contributed by atoms with Crippen LogP contribution in [-0.4, -0.2) is 41.0 Å². The summed E-state index contributed by atoms with van der Waals surface area (Å²) in [6.45, 7) is 1.43. The van der Waals surface area contributed by atoms with Gasteiger partial charge < -0.3 is 10.1 Å². The van der Waals surface area contributed by atoms with Crippen LogP contribution in [0.25, 0.3) is 0 Å². The maximum absolute atomic E-state index is 12.9. The number of carbonyl (C=O) groups excluding carboxylic acids is 4. The van der Waals surface area contributed by atoms with E-state index >= 15 is 0 Å². The Bertz CT molecular complexity index is 1220. The van der Waals surface area contributed by atoms with E-state index < -0.39 is 36.0 Å². The number of nitrogens with one attached hydrogen (secondary N) is 2. The molecule has 0 radical (unpaired) electrons. The zero-order chi connectivity index (χ0) is 25.0. The Kier molecular flexibility index (Phi) is 7.07. The number of hydrazine groups is 1. The molecule has 2 aliphatic rings. The highest BCUT2D eigenvalue weighted by molar-refractivity contribution is 7.99. The summed E-state index contributed by atoms with van der Waals surface area (Å²) in [4.78, 5) is 51.6. The van der Waals surface area contributed by atoms with Gasteiger partial charge in [-0.1, -0.05) is 43.0 Å². The number of nitriles is 1. The van der Waals surface area contributed by atoms with Crippen molar-refractivity contribution in [2.75, 3.05) is 6.61 Å². The lowest BCUT2D eigenvalue weighted by Gasteiger charge is -2.33. The second kappa shape index (κ2) is 10.2. The van der Waals surface area contributed by atoms with Crippen molar-refractivity contribution < 1.29 is 23.9 Å². The van der Waals surface area contributed by atoms with Gasteiger partial charge in [-0.3, -0.25) is 15.0 Å². The van der Waals surface area contributed by atoms with Gasteiger partial charge in [-0.05, 0) is 55.9 Å². The largest absolute Gasteiger partial charge is 0.452 e. The number of imide groups is 1. The van der Waals surface area contributed by atoms with Crippen molar-refractivity contribution >= 4 is 35.6 Å². The maximum Gasteiger partial charge on any atom is 0.344 e. The fourth-order valence-corrected chi connectivity index (χ4v) is 5.19. The summed E-state index contributed by atoms with van der Waals surface area (Å²) in [5.41, 5.74) is 1.97. The minimum Gasteiger partial charge on any atom is -0.452 e. The summed E-state index contributed by atoms with van der Waals surface area (Å²) in [6.07, 6.45) is 2.65. The molecule has 0 aromatic heterocycles. The van der Waals surface area contributed by atoms with Gasteiger partial charge in [0.2, 0.25) is 0 Å². The first-order chi connectivity index (χ1) is 16.8. The summed E-state index contributed by atoms with van der Waals surface area (Å²) in [5, 5.41) is 12.7. The molecule has 1 aliphatic heterocycles. The summed E-state index contributed by atoms with van der Waals surface area (Å²) < 4.78 is 5.16. The minimum absolute atomic E-state index is 0.225. The quantitative estimate of drug-likeness (QED) is 0.467. The van der Waals surface area contributed by atoms with Crippen molar-refractivity contribution in [3.05, 3.63) is 59.7 Å². The first kappa shape index (κ1) is 24.3. The van der Waals surface area contributed by atoms with E-state index in [0.29, 0.717) is 39.1 Å². The topological polar surface area (TPSA) is 129 Å². The van der Waals surface area contributed by atoms with E-state index in [9.17, 15) is 24.4 Å². The predicted molar refractivity (Wildman–Crippen MR) is 126 cm³/mol. The summed E-state index contributed by atoms with van der Waals surface area (Å²) in [7, 11) is 0. The van der Waals surface area contributed by atoms with Gasteiger partial charge >= 0.3 is 12.0 Å². The van der Waals surface area contributed by atoms with Crippen molar-refractivity contribution in [2.24, 2.45) is 5.92 Å². The zero-order valence-electron chi connectivity index (χ0n) is 19.1. The number of hydrogen-bond acceptors (Lipinski definition) is 7. The van der Waals surface area contributed by atoms with E-state index in [1.165, 1.54) is 11.8 Å². The number of nitrogens with zero attached hydrogens (tertiary/aromatic N) is 2. The van der Waals surface area contributed by atoms with Gasteiger partial charge in [0.05, 0.1) is 11.1 Å². The Labute approximate surface area is 206 Å².